The van der Waals surface area contributed by atoms with E-state index >= 15 is 0 Å². The highest BCUT2D eigenvalue weighted by Gasteiger charge is 2.39. The Kier molecular flexibility index (Phi) is 5.16. The van der Waals surface area contributed by atoms with E-state index in [0.29, 0.717) is 12.8 Å². The van der Waals surface area contributed by atoms with Gasteiger partial charge in [-0.15, -0.1) is 0 Å². The van der Waals surface area contributed by atoms with Crippen LogP contribution in [-0.2, 0) is 19.7 Å². The Morgan fingerprint density at radius 1 is 1.42 bits per heavy atom. The molecule has 1 atom stereocenters. The summed E-state index contributed by atoms with van der Waals surface area (Å²) in [5.41, 5.74) is 0. The van der Waals surface area contributed by atoms with Gasteiger partial charge in [-0.2, -0.15) is 30.6 Å². The minimum Gasteiger partial charge on any atom is -0.468 e. The number of hydrogen-bond acceptors (Lipinski definition) is 4. The molecule has 0 spiro atoms. The van der Waals surface area contributed by atoms with Crippen LogP contribution in [-0.4, -0.2) is 51.1 Å². The van der Waals surface area contributed by atoms with Crippen molar-refractivity contribution >= 4 is 16.2 Å². The van der Waals surface area contributed by atoms with Crippen LogP contribution >= 0.6 is 0 Å². The van der Waals surface area contributed by atoms with E-state index in [-0.39, 0.29) is 13.0 Å². The predicted octanol–water partition coefficient (Wildman–Crippen LogP) is 0.411. The molecule has 1 fully saturated rings. The van der Waals surface area contributed by atoms with Crippen LogP contribution in [0.5, 0.6) is 0 Å². The number of nitrogens with zero attached hydrogens (tertiary/aromatic N) is 1. The zero-order chi connectivity index (χ0) is 14.7. The molecule has 1 N–H and O–H groups in total. The van der Waals surface area contributed by atoms with Gasteiger partial charge in [0.2, 0.25) is 0 Å². The van der Waals surface area contributed by atoms with Crippen molar-refractivity contribution in [2.45, 2.75) is 31.5 Å². The monoisotopic (exact) mass is 304 g/mol. The standard InChI is InChI=1S/C9H15F3N2O4S/c1-18-8(15)7-4-2-3-5-14(7)19(16,17)13-6-9(10,11)12/h7,13H,2-6H2,1H3. The molecule has 1 aliphatic heterocycles. The molecule has 1 rings (SSSR count). The molecule has 1 aliphatic rings. The first kappa shape index (κ1) is 16.2. The molecule has 0 aromatic heterocycles. The van der Waals surface area contributed by atoms with Crippen LogP contribution in [0.1, 0.15) is 19.3 Å². The van der Waals surface area contributed by atoms with Crippen LogP contribution in [0.25, 0.3) is 0 Å². The lowest BCUT2D eigenvalue weighted by Crippen LogP contribution is -2.53. The summed E-state index contributed by atoms with van der Waals surface area (Å²) in [5, 5.41) is 0. The normalized spacial score (nSPS) is 22.2. The number of hydrogen-bond donors (Lipinski definition) is 1. The van der Waals surface area contributed by atoms with Gasteiger partial charge >= 0.3 is 12.1 Å². The maximum absolute atomic E-state index is 12.0. The maximum Gasteiger partial charge on any atom is 0.402 e. The zero-order valence-electron chi connectivity index (χ0n) is 10.2. The van der Waals surface area contributed by atoms with Crippen LogP contribution in [0.2, 0.25) is 0 Å². The van der Waals surface area contributed by atoms with Gasteiger partial charge in [0, 0.05) is 6.54 Å². The van der Waals surface area contributed by atoms with E-state index < -0.39 is 34.9 Å². The number of piperidine rings is 1. The number of carbonyl (C=O) groups is 1. The molecule has 1 saturated heterocycles. The second-order valence-corrected chi connectivity index (χ2v) is 5.79. The Morgan fingerprint density at radius 3 is 2.58 bits per heavy atom. The third-order valence-corrected chi connectivity index (χ3v) is 4.25. The van der Waals surface area contributed by atoms with Crippen LogP contribution in [0.3, 0.4) is 0 Å². The molecule has 0 bridgehead atoms. The highest BCUT2D eigenvalue weighted by atomic mass is 32.2. The smallest absolute Gasteiger partial charge is 0.402 e. The third-order valence-electron chi connectivity index (χ3n) is 2.69. The number of halogens is 3. The zero-order valence-corrected chi connectivity index (χ0v) is 11.1. The molecule has 0 saturated carbocycles. The highest BCUT2D eigenvalue weighted by molar-refractivity contribution is 7.87. The van der Waals surface area contributed by atoms with Gasteiger partial charge in [0.25, 0.3) is 10.2 Å². The van der Waals surface area contributed by atoms with Crippen LogP contribution < -0.4 is 4.72 Å². The predicted molar refractivity (Wildman–Crippen MR) is 59.3 cm³/mol. The van der Waals surface area contributed by atoms with Gasteiger partial charge < -0.3 is 4.74 Å². The van der Waals surface area contributed by atoms with E-state index in [1.807, 2.05) is 0 Å². The molecule has 0 radical (unpaired) electrons. The Bertz CT molecular complexity index is 424. The van der Waals surface area contributed by atoms with Crippen LogP contribution in [0.4, 0.5) is 13.2 Å². The van der Waals surface area contributed by atoms with Crippen molar-refractivity contribution in [3.8, 4) is 0 Å². The van der Waals surface area contributed by atoms with Gasteiger partial charge in [0.15, 0.2) is 0 Å². The van der Waals surface area contributed by atoms with Crippen molar-refractivity contribution < 1.29 is 31.1 Å². The fourth-order valence-electron chi connectivity index (χ4n) is 1.82. The molecule has 6 nitrogen and oxygen atoms in total. The minimum absolute atomic E-state index is 0.00699. The number of rotatable bonds is 4. The summed E-state index contributed by atoms with van der Waals surface area (Å²) in [6, 6.07) is -1.07. The lowest BCUT2D eigenvalue weighted by atomic mass is 10.1. The number of methoxy groups -OCH3 is 1. The van der Waals surface area contributed by atoms with Gasteiger partial charge in [-0.05, 0) is 19.3 Å². The Hall–Kier alpha value is -0.870. The average Bonchev–Trinajstić information content (AvgIpc) is 2.35. The largest absolute Gasteiger partial charge is 0.468 e. The Morgan fingerprint density at radius 2 is 2.05 bits per heavy atom. The van der Waals surface area contributed by atoms with Crippen LogP contribution in [0, 0.1) is 0 Å². The Balaban J connectivity index is 2.81. The maximum atomic E-state index is 12.0. The molecular weight excluding hydrogens is 289 g/mol. The highest BCUT2D eigenvalue weighted by Crippen LogP contribution is 2.21. The van der Waals surface area contributed by atoms with E-state index in [9.17, 15) is 26.4 Å². The number of nitrogens with one attached hydrogen (secondary N) is 1. The van der Waals surface area contributed by atoms with Crippen molar-refractivity contribution in [1.29, 1.82) is 0 Å². The molecule has 1 heterocycles. The summed E-state index contributed by atoms with van der Waals surface area (Å²) in [4.78, 5) is 11.4. The molecule has 0 aromatic rings. The van der Waals surface area contributed by atoms with Crippen LogP contribution in [0.15, 0.2) is 0 Å². The van der Waals surface area contributed by atoms with E-state index in [2.05, 4.69) is 4.74 Å². The molecule has 112 valence electrons. The summed E-state index contributed by atoms with van der Waals surface area (Å²) in [6.07, 6.45) is -3.31. The molecule has 10 heteroatoms. The van der Waals surface area contributed by atoms with Gasteiger partial charge in [0.05, 0.1) is 7.11 Å². The third kappa shape index (κ3) is 4.62. The molecule has 0 aliphatic carbocycles. The fraction of sp³-hybridized carbons (Fsp3) is 0.889. The molecule has 1 unspecified atom stereocenters. The van der Waals surface area contributed by atoms with Crippen molar-refractivity contribution in [2.24, 2.45) is 0 Å². The first-order valence-corrected chi connectivity index (χ1v) is 7.02. The Labute approximate surface area is 109 Å². The van der Waals surface area contributed by atoms with Crippen molar-refractivity contribution in [1.82, 2.24) is 9.03 Å². The molecular formula is C9H15F3N2O4S. The number of esters is 1. The summed E-state index contributed by atoms with van der Waals surface area (Å²) >= 11 is 0. The SMILES string of the molecule is COC(=O)C1CCCCN1S(=O)(=O)NCC(F)(F)F. The summed E-state index contributed by atoms with van der Waals surface area (Å²) in [7, 11) is -3.26. The van der Waals surface area contributed by atoms with Gasteiger partial charge in [-0.1, -0.05) is 0 Å². The van der Waals surface area contributed by atoms with E-state index in [1.54, 1.807) is 0 Å². The lowest BCUT2D eigenvalue weighted by molar-refractivity contribution is -0.146. The molecule has 0 aromatic carbocycles. The summed E-state index contributed by atoms with van der Waals surface area (Å²) in [6.45, 7) is -1.67. The summed E-state index contributed by atoms with van der Waals surface area (Å²) < 4.78 is 66.3. The van der Waals surface area contributed by atoms with Crippen molar-refractivity contribution in [2.75, 3.05) is 20.2 Å². The first-order chi connectivity index (χ1) is 8.67. The van der Waals surface area contributed by atoms with Gasteiger partial charge in [0.1, 0.15) is 12.6 Å². The van der Waals surface area contributed by atoms with Gasteiger partial charge in [-0.3, -0.25) is 4.79 Å². The minimum atomic E-state index is -4.65. The quantitative estimate of drug-likeness (QED) is 0.763. The number of carbonyl (C=O) groups excluding carboxylic acids is 1. The fourth-order valence-corrected chi connectivity index (χ4v) is 3.23. The van der Waals surface area contributed by atoms with E-state index in [1.165, 1.54) is 4.72 Å². The van der Waals surface area contributed by atoms with Gasteiger partial charge in [-0.25, -0.2) is 0 Å². The first-order valence-electron chi connectivity index (χ1n) is 5.58. The lowest BCUT2D eigenvalue weighted by Gasteiger charge is -2.32. The summed E-state index contributed by atoms with van der Waals surface area (Å²) in [5.74, 6) is -0.767. The molecule has 0 amide bonds. The number of alkyl halides is 3. The second-order valence-electron chi connectivity index (χ2n) is 4.09. The second kappa shape index (κ2) is 6.06. The average molecular weight is 304 g/mol. The van der Waals surface area contributed by atoms with Crippen molar-refractivity contribution in [3.63, 3.8) is 0 Å². The van der Waals surface area contributed by atoms with Crippen molar-refractivity contribution in [3.05, 3.63) is 0 Å². The molecule has 19 heavy (non-hydrogen) atoms. The van der Waals surface area contributed by atoms with E-state index in [4.69, 9.17) is 0 Å². The number of ether oxygens (including phenoxy) is 1. The van der Waals surface area contributed by atoms with E-state index in [0.717, 1.165) is 11.4 Å². The topological polar surface area (TPSA) is 75.7 Å².